The maximum atomic E-state index is 13.3. The zero-order valence-electron chi connectivity index (χ0n) is 9.48. The summed E-state index contributed by atoms with van der Waals surface area (Å²) in [5.74, 6) is 0.123. The third-order valence-electron chi connectivity index (χ3n) is 2.38. The van der Waals surface area contributed by atoms with E-state index in [-0.39, 0.29) is 0 Å². The largest absolute Gasteiger partial charge is 0.398 e. The molecule has 0 unspecified atom stereocenters. The Hall–Kier alpha value is -1.55. The lowest BCUT2D eigenvalue weighted by atomic mass is 10.2. The second kappa shape index (κ2) is 5.19. The topological polar surface area (TPSA) is 38.9 Å². The van der Waals surface area contributed by atoms with E-state index in [1.165, 1.54) is 18.0 Å². The van der Waals surface area contributed by atoms with E-state index in [2.05, 4.69) is 4.98 Å². The van der Waals surface area contributed by atoms with Gasteiger partial charge in [0.25, 0.3) is 0 Å². The molecule has 0 saturated carbocycles. The summed E-state index contributed by atoms with van der Waals surface area (Å²) in [4.78, 5) is 4.59. The third kappa shape index (κ3) is 2.97. The molecule has 0 aliphatic rings. The van der Waals surface area contributed by atoms with Crippen LogP contribution in [0.3, 0.4) is 0 Å². The van der Waals surface area contributed by atoms with Crippen LogP contribution in [0.15, 0.2) is 41.4 Å². The van der Waals surface area contributed by atoms with Gasteiger partial charge in [-0.25, -0.2) is 4.98 Å². The molecule has 0 spiro atoms. The van der Waals surface area contributed by atoms with Crippen molar-refractivity contribution in [3.63, 3.8) is 0 Å². The molecule has 0 radical (unpaired) electrons. The van der Waals surface area contributed by atoms with Gasteiger partial charge in [-0.15, -0.1) is 11.8 Å². The molecule has 1 heterocycles. The molecule has 1 aromatic heterocycles. The maximum Gasteiger partial charge on any atom is 0.216 e. The van der Waals surface area contributed by atoms with Crippen LogP contribution >= 0.6 is 11.8 Å². The number of nitrogens with two attached hydrogens (primary N) is 1. The standard InChI is InChI=1S/C13H13FN2S/c1-9-4-5-12(11(15)7-9)17-8-10-3-2-6-16-13(10)14/h2-7H,8,15H2,1H3. The predicted molar refractivity (Wildman–Crippen MR) is 69.3 cm³/mol. The molecule has 2 N–H and O–H groups in total. The average molecular weight is 248 g/mol. The van der Waals surface area contributed by atoms with Crippen molar-refractivity contribution in [3.8, 4) is 0 Å². The van der Waals surface area contributed by atoms with E-state index >= 15 is 0 Å². The number of nitrogen functional groups attached to an aromatic ring is 1. The van der Waals surface area contributed by atoms with Crippen molar-refractivity contribution < 1.29 is 4.39 Å². The Balaban J connectivity index is 2.10. The van der Waals surface area contributed by atoms with E-state index in [9.17, 15) is 4.39 Å². The Morgan fingerprint density at radius 1 is 1.35 bits per heavy atom. The van der Waals surface area contributed by atoms with Gasteiger partial charge in [0.05, 0.1) is 0 Å². The fourth-order valence-electron chi connectivity index (χ4n) is 1.48. The first-order valence-electron chi connectivity index (χ1n) is 5.25. The number of halogens is 1. The van der Waals surface area contributed by atoms with Crippen LogP contribution in [0.5, 0.6) is 0 Å². The fourth-order valence-corrected chi connectivity index (χ4v) is 2.40. The number of pyridine rings is 1. The van der Waals surface area contributed by atoms with Gasteiger partial charge in [0.2, 0.25) is 5.95 Å². The van der Waals surface area contributed by atoms with Gasteiger partial charge in [0.1, 0.15) is 0 Å². The number of benzene rings is 1. The Morgan fingerprint density at radius 2 is 2.18 bits per heavy atom. The second-order valence-electron chi connectivity index (χ2n) is 3.78. The molecule has 0 fully saturated rings. The Labute approximate surface area is 104 Å². The maximum absolute atomic E-state index is 13.3. The summed E-state index contributed by atoms with van der Waals surface area (Å²) in [7, 11) is 0. The molecule has 0 saturated heterocycles. The predicted octanol–water partition coefficient (Wildman–Crippen LogP) is 3.40. The van der Waals surface area contributed by atoms with Crippen molar-refractivity contribution in [1.29, 1.82) is 0 Å². The highest BCUT2D eigenvalue weighted by Gasteiger charge is 2.05. The molecule has 0 bridgehead atoms. The third-order valence-corrected chi connectivity index (χ3v) is 3.52. The highest BCUT2D eigenvalue weighted by Crippen LogP contribution is 2.29. The van der Waals surface area contributed by atoms with E-state index in [1.54, 1.807) is 12.1 Å². The summed E-state index contributed by atoms with van der Waals surface area (Å²) >= 11 is 1.52. The minimum atomic E-state index is -0.411. The SMILES string of the molecule is Cc1ccc(SCc2cccnc2F)c(N)c1. The lowest BCUT2D eigenvalue weighted by Gasteiger charge is -2.06. The normalized spacial score (nSPS) is 10.5. The first-order chi connectivity index (χ1) is 8.16. The molecule has 2 aromatic rings. The zero-order valence-corrected chi connectivity index (χ0v) is 10.3. The van der Waals surface area contributed by atoms with Crippen LogP contribution in [-0.2, 0) is 5.75 Å². The van der Waals surface area contributed by atoms with Crippen molar-refractivity contribution in [1.82, 2.24) is 4.98 Å². The van der Waals surface area contributed by atoms with E-state index in [1.807, 2.05) is 25.1 Å². The second-order valence-corrected chi connectivity index (χ2v) is 4.80. The molecule has 4 heteroatoms. The number of aryl methyl sites for hydroxylation is 1. The first-order valence-corrected chi connectivity index (χ1v) is 6.23. The van der Waals surface area contributed by atoms with E-state index < -0.39 is 5.95 Å². The van der Waals surface area contributed by atoms with E-state index in [0.717, 1.165) is 16.1 Å². The monoisotopic (exact) mass is 248 g/mol. The summed E-state index contributed by atoms with van der Waals surface area (Å²) in [6.07, 6.45) is 1.45. The van der Waals surface area contributed by atoms with Crippen molar-refractivity contribution in [2.45, 2.75) is 17.6 Å². The molecule has 0 aliphatic heterocycles. The smallest absolute Gasteiger partial charge is 0.216 e. The van der Waals surface area contributed by atoms with Crippen molar-refractivity contribution >= 4 is 17.4 Å². The molecule has 2 nitrogen and oxygen atoms in total. The number of rotatable bonds is 3. The molecule has 17 heavy (non-hydrogen) atoms. The van der Waals surface area contributed by atoms with Gasteiger partial charge >= 0.3 is 0 Å². The van der Waals surface area contributed by atoms with Gasteiger partial charge in [-0.1, -0.05) is 12.1 Å². The summed E-state index contributed by atoms with van der Waals surface area (Å²) < 4.78 is 13.3. The number of nitrogens with zero attached hydrogens (tertiary/aromatic N) is 1. The van der Waals surface area contributed by atoms with Gasteiger partial charge in [0, 0.05) is 28.1 Å². The number of thioether (sulfide) groups is 1. The number of hydrogen-bond donors (Lipinski definition) is 1. The highest BCUT2D eigenvalue weighted by atomic mass is 32.2. The number of hydrogen-bond acceptors (Lipinski definition) is 3. The lowest BCUT2D eigenvalue weighted by Crippen LogP contribution is -1.93. The summed E-state index contributed by atoms with van der Waals surface area (Å²) in [6.45, 7) is 1.99. The van der Waals surface area contributed by atoms with Crippen LogP contribution in [0.2, 0.25) is 0 Å². The van der Waals surface area contributed by atoms with Crippen LogP contribution in [0, 0.1) is 12.9 Å². The Bertz CT molecular complexity index is 529. The summed E-state index contributed by atoms with van der Waals surface area (Å²) in [5, 5.41) is 0. The quantitative estimate of drug-likeness (QED) is 0.514. The Morgan fingerprint density at radius 3 is 2.88 bits per heavy atom. The van der Waals surface area contributed by atoms with Gasteiger partial charge in [-0.05, 0) is 30.7 Å². The minimum Gasteiger partial charge on any atom is -0.398 e. The summed E-state index contributed by atoms with van der Waals surface area (Å²) in [6, 6.07) is 9.35. The van der Waals surface area contributed by atoms with Crippen LogP contribution in [0.4, 0.5) is 10.1 Å². The first kappa shape index (κ1) is 11.9. The minimum absolute atomic E-state index is 0.411. The molecular weight excluding hydrogens is 235 g/mol. The Kier molecular flexibility index (Phi) is 3.64. The molecule has 0 aliphatic carbocycles. The van der Waals surface area contributed by atoms with Crippen LogP contribution in [-0.4, -0.2) is 4.98 Å². The van der Waals surface area contributed by atoms with E-state index in [4.69, 9.17) is 5.73 Å². The van der Waals surface area contributed by atoms with Crippen LogP contribution in [0.25, 0.3) is 0 Å². The molecule has 0 amide bonds. The molecule has 88 valence electrons. The van der Waals surface area contributed by atoms with Gasteiger partial charge in [-0.2, -0.15) is 4.39 Å². The zero-order chi connectivity index (χ0) is 12.3. The van der Waals surface area contributed by atoms with Crippen molar-refractivity contribution in [2.75, 3.05) is 5.73 Å². The summed E-state index contributed by atoms with van der Waals surface area (Å²) in [5.41, 5.74) is 8.35. The highest BCUT2D eigenvalue weighted by molar-refractivity contribution is 7.98. The van der Waals surface area contributed by atoms with Crippen LogP contribution < -0.4 is 5.73 Å². The van der Waals surface area contributed by atoms with Gasteiger partial charge in [0.15, 0.2) is 0 Å². The molecule has 2 rings (SSSR count). The van der Waals surface area contributed by atoms with Crippen molar-refractivity contribution in [3.05, 3.63) is 53.6 Å². The van der Waals surface area contributed by atoms with Gasteiger partial charge in [-0.3, -0.25) is 0 Å². The number of anilines is 1. The fraction of sp³-hybridized carbons (Fsp3) is 0.154. The molecular formula is C13H13FN2S. The number of aromatic nitrogens is 1. The molecule has 1 aromatic carbocycles. The van der Waals surface area contributed by atoms with Crippen LogP contribution in [0.1, 0.15) is 11.1 Å². The van der Waals surface area contributed by atoms with E-state index in [0.29, 0.717) is 11.3 Å². The average Bonchev–Trinajstić information content (AvgIpc) is 2.30. The molecule has 0 atom stereocenters. The lowest BCUT2D eigenvalue weighted by molar-refractivity contribution is 0.573. The van der Waals surface area contributed by atoms with Gasteiger partial charge < -0.3 is 5.73 Å². The van der Waals surface area contributed by atoms with Crippen molar-refractivity contribution in [2.24, 2.45) is 0 Å².